The molecule has 4 heteroatoms. The first-order valence-electron chi connectivity index (χ1n) is 6.61. The van der Waals surface area contributed by atoms with E-state index in [4.69, 9.17) is 9.15 Å². The van der Waals surface area contributed by atoms with Gasteiger partial charge in [0, 0.05) is 0 Å². The fourth-order valence-corrected chi connectivity index (χ4v) is 1.94. The second-order valence-corrected chi connectivity index (χ2v) is 4.75. The first-order chi connectivity index (χ1) is 9.49. The van der Waals surface area contributed by atoms with Gasteiger partial charge in [-0.05, 0) is 38.8 Å². The van der Waals surface area contributed by atoms with Crippen LogP contribution in [0.4, 0.5) is 0 Å². The van der Waals surface area contributed by atoms with Gasteiger partial charge in [-0.3, -0.25) is 4.79 Å². The lowest BCUT2D eigenvalue weighted by molar-refractivity contribution is -0.150. The summed E-state index contributed by atoms with van der Waals surface area (Å²) in [5.74, 6) is 0.0167. The zero-order chi connectivity index (χ0) is 15.1. The lowest BCUT2D eigenvalue weighted by Crippen LogP contribution is -2.23. The summed E-state index contributed by atoms with van der Waals surface area (Å²) in [7, 11) is 1.32. The zero-order valence-electron chi connectivity index (χ0n) is 12.3. The van der Waals surface area contributed by atoms with Crippen LogP contribution in [0.5, 0.6) is 0 Å². The molecule has 0 aliphatic carbocycles. The number of aliphatic hydroxyl groups excluding tert-OH is 1. The van der Waals surface area contributed by atoms with Crippen molar-refractivity contribution < 1.29 is 19.1 Å². The molecule has 2 atom stereocenters. The van der Waals surface area contributed by atoms with Crippen molar-refractivity contribution in [1.29, 1.82) is 0 Å². The number of methoxy groups -OCH3 is 1. The van der Waals surface area contributed by atoms with Gasteiger partial charge in [-0.2, -0.15) is 0 Å². The van der Waals surface area contributed by atoms with Crippen molar-refractivity contribution in [3.05, 3.63) is 48.0 Å². The average molecular weight is 278 g/mol. The maximum Gasteiger partial charge on any atom is 0.311 e. The highest BCUT2D eigenvalue weighted by atomic mass is 16.5. The van der Waals surface area contributed by atoms with Crippen molar-refractivity contribution in [2.45, 2.75) is 32.8 Å². The van der Waals surface area contributed by atoms with Gasteiger partial charge in [0.1, 0.15) is 17.6 Å². The molecule has 0 bridgehead atoms. The van der Waals surface area contributed by atoms with Crippen LogP contribution in [0.3, 0.4) is 0 Å². The predicted molar refractivity (Wildman–Crippen MR) is 77.1 cm³/mol. The Morgan fingerprint density at radius 3 is 2.75 bits per heavy atom. The second kappa shape index (κ2) is 7.70. The highest BCUT2D eigenvalue weighted by Gasteiger charge is 2.30. The van der Waals surface area contributed by atoms with Gasteiger partial charge in [-0.1, -0.05) is 24.3 Å². The molecule has 1 aromatic rings. The summed E-state index contributed by atoms with van der Waals surface area (Å²) in [6, 6.07) is 3.44. The van der Waals surface area contributed by atoms with Gasteiger partial charge in [0.05, 0.1) is 13.0 Å². The van der Waals surface area contributed by atoms with Crippen LogP contribution in [0.25, 0.3) is 0 Å². The van der Waals surface area contributed by atoms with Gasteiger partial charge in [0.25, 0.3) is 0 Å². The molecule has 1 N–H and O–H groups in total. The number of carbonyl (C=O) groups excluding carboxylic acids is 1. The first kappa shape index (κ1) is 16.2. The third-order valence-corrected chi connectivity index (χ3v) is 3.20. The van der Waals surface area contributed by atoms with Crippen molar-refractivity contribution in [3.63, 3.8) is 0 Å². The summed E-state index contributed by atoms with van der Waals surface area (Å²) in [6.07, 6.45) is 3.88. The largest absolute Gasteiger partial charge is 0.469 e. The summed E-state index contributed by atoms with van der Waals surface area (Å²) in [5, 5.41) is 10.3. The Labute approximate surface area is 119 Å². The summed E-state index contributed by atoms with van der Waals surface area (Å²) in [6.45, 7) is 7.40. The van der Waals surface area contributed by atoms with E-state index in [0.717, 1.165) is 5.57 Å². The number of carbonyl (C=O) groups is 1. The molecule has 0 saturated carbocycles. The van der Waals surface area contributed by atoms with Crippen molar-refractivity contribution >= 4 is 5.97 Å². The maximum absolute atomic E-state index is 11.8. The lowest BCUT2D eigenvalue weighted by atomic mass is 9.94. The average Bonchev–Trinajstić information content (AvgIpc) is 2.88. The first-order valence-corrected chi connectivity index (χ1v) is 6.61. The molecule has 0 unspecified atom stereocenters. The van der Waals surface area contributed by atoms with Crippen LogP contribution in [0.15, 0.2) is 40.9 Å². The summed E-state index contributed by atoms with van der Waals surface area (Å²) >= 11 is 0. The molecule has 1 rings (SSSR count). The molecule has 1 heterocycles. The molecule has 0 spiro atoms. The van der Waals surface area contributed by atoms with Crippen molar-refractivity contribution in [2.24, 2.45) is 5.92 Å². The Balaban J connectivity index is 2.78. The minimum absolute atomic E-state index is 0.391. The van der Waals surface area contributed by atoms with E-state index in [2.05, 4.69) is 6.58 Å². The molecular formula is C16H22O4. The van der Waals surface area contributed by atoms with Crippen LogP contribution in [0, 0.1) is 12.8 Å². The van der Waals surface area contributed by atoms with E-state index < -0.39 is 18.0 Å². The minimum atomic E-state index is -0.992. The number of ether oxygens (including phenoxy) is 1. The van der Waals surface area contributed by atoms with Crippen LogP contribution < -0.4 is 0 Å². The lowest BCUT2D eigenvalue weighted by Gasteiger charge is -2.18. The van der Waals surface area contributed by atoms with Crippen LogP contribution in [-0.2, 0) is 9.53 Å². The van der Waals surface area contributed by atoms with Crippen LogP contribution >= 0.6 is 0 Å². The van der Waals surface area contributed by atoms with Gasteiger partial charge in [0.2, 0.25) is 0 Å². The predicted octanol–water partition coefficient (Wildman–Crippen LogP) is 3.32. The van der Waals surface area contributed by atoms with E-state index in [1.54, 1.807) is 25.1 Å². The van der Waals surface area contributed by atoms with Gasteiger partial charge in [-0.15, -0.1) is 0 Å². The number of hydrogen-bond donors (Lipinski definition) is 1. The van der Waals surface area contributed by atoms with Crippen LogP contribution in [0.2, 0.25) is 0 Å². The fourth-order valence-electron chi connectivity index (χ4n) is 1.94. The minimum Gasteiger partial charge on any atom is -0.469 e. The molecule has 110 valence electrons. The highest BCUT2D eigenvalue weighted by Crippen LogP contribution is 2.28. The molecule has 0 amide bonds. The van der Waals surface area contributed by atoms with E-state index >= 15 is 0 Å². The van der Waals surface area contributed by atoms with E-state index in [0.29, 0.717) is 24.4 Å². The molecular weight excluding hydrogens is 256 g/mol. The smallest absolute Gasteiger partial charge is 0.311 e. The maximum atomic E-state index is 11.8. The Kier molecular flexibility index (Phi) is 6.25. The third kappa shape index (κ3) is 4.38. The molecule has 0 radical (unpaired) electrons. The zero-order valence-corrected chi connectivity index (χ0v) is 12.3. The van der Waals surface area contributed by atoms with Crippen molar-refractivity contribution in [2.75, 3.05) is 7.11 Å². The van der Waals surface area contributed by atoms with E-state index in [-0.39, 0.29) is 0 Å². The van der Waals surface area contributed by atoms with Crippen LogP contribution in [0.1, 0.15) is 37.4 Å². The normalized spacial score (nSPS) is 14.7. The van der Waals surface area contributed by atoms with E-state index in [1.165, 1.54) is 7.11 Å². The molecule has 0 fully saturated rings. The van der Waals surface area contributed by atoms with Crippen molar-refractivity contribution in [1.82, 2.24) is 0 Å². The highest BCUT2D eigenvalue weighted by molar-refractivity contribution is 5.73. The molecule has 4 nitrogen and oxygen atoms in total. The number of rotatable bonds is 7. The molecule has 0 saturated heterocycles. The summed E-state index contributed by atoms with van der Waals surface area (Å²) in [4.78, 5) is 11.8. The number of furan rings is 1. The monoisotopic (exact) mass is 278 g/mol. The Morgan fingerprint density at radius 1 is 1.55 bits per heavy atom. The molecule has 0 aromatic carbocycles. The Bertz CT molecular complexity index is 484. The molecule has 0 aliphatic rings. The molecule has 1 aromatic heterocycles. The van der Waals surface area contributed by atoms with Gasteiger partial charge in [0.15, 0.2) is 0 Å². The quantitative estimate of drug-likeness (QED) is 0.614. The number of allylic oxidation sites excluding steroid dienone is 3. The second-order valence-electron chi connectivity index (χ2n) is 4.75. The number of hydrogen-bond acceptors (Lipinski definition) is 4. The van der Waals surface area contributed by atoms with E-state index in [9.17, 15) is 9.90 Å². The number of aliphatic hydroxyl groups is 1. The van der Waals surface area contributed by atoms with E-state index in [1.807, 2.05) is 13.0 Å². The Morgan fingerprint density at radius 2 is 2.25 bits per heavy atom. The van der Waals surface area contributed by atoms with Gasteiger partial charge in [-0.25, -0.2) is 0 Å². The summed E-state index contributed by atoms with van der Waals surface area (Å²) in [5.41, 5.74) is 1.04. The third-order valence-electron chi connectivity index (χ3n) is 3.20. The molecule has 0 aliphatic heterocycles. The van der Waals surface area contributed by atoms with Crippen LogP contribution in [-0.4, -0.2) is 18.2 Å². The number of aryl methyl sites for hydroxylation is 1. The molecule has 20 heavy (non-hydrogen) atoms. The van der Waals surface area contributed by atoms with Crippen molar-refractivity contribution in [3.8, 4) is 0 Å². The SMILES string of the molecule is C=C/C(C)=C/CC[C@H](C(=O)OC)[C@@H](O)c1ccc(C)o1. The number of esters is 1. The standard InChI is InChI=1S/C16H22O4/c1-5-11(2)7-6-8-13(16(18)19-4)15(17)14-10-9-12(3)20-14/h5,7,9-10,13,15,17H,1,6,8H2,2-4H3/b11-7+/t13-,15+/m0/s1. The van der Waals surface area contributed by atoms with Gasteiger partial charge >= 0.3 is 5.97 Å². The Hall–Kier alpha value is -1.81. The summed E-state index contributed by atoms with van der Waals surface area (Å²) < 4.78 is 10.1. The topological polar surface area (TPSA) is 59.7 Å². The van der Waals surface area contributed by atoms with Gasteiger partial charge < -0.3 is 14.3 Å². The fraction of sp³-hybridized carbons (Fsp3) is 0.438.